The van der Waals surface area contributed by atoms with Crippen LogP contribution in [0.5, 0.6) is 5.88 Å². The lowest BCUT2D eigenvalue weighted by Crippen LogP contribution is -2.39. The molecule has 1 N–H and O–H groups in total. The molecule has 0 saturated carbocycles. The lowest BCUT2D eigenvalue weighted by Gasteiger charge is -2.21. The summed E-state index contributed by atoms with van der Waals surface area (Å²) in [6.45, 7) is 6.98. The Morgan fingerprint density at radius 3 is 2.56 bits per heavy atom. The van der Waals surface area contributed by atoms with Gasteiger partial charge in [0.2, 0.25) is 17.7 Å². The predicted molar refractivity (Wildman–Crippen MR) is 123 cm³/mol. The number of pyridine rings is 1. The van der Waals surface area contributed by atoms with Crippen molar-refractivity contribution in [3.63, 3.8) is 0 Å². The zero-order valence-electron chi connectivity index (χ0n) is 19.4. The molecule has 0 aliphatic rings. The molecular formula is C24H31N5O3. The van der Waals surface area contributed by atoms with Gasteiger partial charge in [-0.3, -0.25) is 9.59 Å². The van der Waals surface area contributed by atoms with Crippen LogP contribution in [0.3, 0.4) is 0 Å². The third-order valence-electron chi connectivity index (χ3n) is 5.71. The number of hydrogen-bond donors (Lipinski definition) is 1. The maximum atomic E-state index is 12.6. The molecule has 0 aliphatic carbocycles. The number of rotatable bonds is 9. The average Bonchev–Trinajstić information content (AvgIpc) is 3.11. The van der Waals surface area contributed by atoms with E-state index in [4.69, 9.17) is 4.74 Å². The quantitative estimate of drug-likeness (QED) is 0.556. The second kappa shape index (κ2) is 10.3. The van der Waals surface area contributed by atoms with Crippen LogP contribution in [0.15, 0.2) is 30.3 Å². The SMILES string of the molecule is CCN(Cc1ccccc1)C(=O)CNC(=O)CCc1c(C)nc2c(c(OC)nn2C)c1C. The van der Waals surface area contributed by atoms with Gasteiger partial charge in [-0.1, -0.05) is 30.3 Å². The number of carbonyl (C=O) groups is 2. The number of benzene rings is 1. The molecule has 1 aromatic carbocycles. The van der Waals surface area contributed by atoms with Crippen LogP contribution >= 0.6 is 0 Å². The standard InChI is InChI=1S/C24H31N5O3/c1-6-29(15-18-10-8-7-9-11-18)21(31)14-25-20(30)13-12-19-16(2)22-23(26-17(19)3)28(4)27-24(22)32-5/h7-11H,6,12-15H2,1-5H3,(H,25,30). The molecular weight excluding hydrogens is 406 g/mol. The molecule has 0 spiro atoms. The van der Waals surface area contributed by atoms with Gasteiger partial charge in [-0.25, -0.2) is 9.67 Å². The third-order valence-corrected chi connectivity index (χ3v) is 5.71. The molecule has 0 saturated heterocycles. The van der Waals surface area contributed by atoms with Gasteiger partial charge in [-0.05, 0) is 43.9 Å². The normalized spacial score (nSPS) is 10.9. The Hall–Kier alpha value is -3.42. The number of hydrogen-bond acceptors (Lipinski definition) is 5. The number of nitrogens with zero attached hydrogens (tertiary/aromatic N) is 4. The van der Waals surface area contributed by atoms with Gasteiger partial charge in [0.1, 0.15) is 0 Å². The van der Waals surface area contributed by atoms with E-state index in [0.29, 0.717) is 25.4 Å². The Labute approximate surface area is 188 Å². The lowest BCUT2D eigenvalue weighted by molar-refractivity contribution is -0.133. The molecule has 2 amide bonds. The van der Waals surface area contributed by atoms with Crippen LogP contribution in [0.25, 0.3) is 11.0 Å². The van der Waals surface area contributed by atoms with Crippen LogP contribution in [0.4, 0.5) is 0 Å². The summed E-state index contributed by atoms with van der Waals surface area (Å²) in [6.07, 6.45) is 0.801. The van der Waals surface area contributed by atoms with Crippen molar-refractivity contribution >= 4 is 22.8 Å². The van der Waals surface area contributed by atoms with Crippen molar-refractivity contribution in [3.05, 3.63) is 52.7 Å². The van der Waals surface area contributed by atoms with Crippen molar-refractivity contribution in [2.75, 3.05) is 20.2 Å². The summed E-state index contributed by atoms with van der Waals surface area (Å²) < 4.78 is 7.10. The topological polar surface area (TPSA) is 89.3 Å². The van der Waals surface area contributed by atoms with Gasteiger partial charge in [0.05, 0.1) is 19.0 Å². The first-order valence-electron chi connectivity index (χ1n) is 10.8. The summed E-state index contributed by atoms with van der Waals surface area (Å²) in [6, 6.07) is 9.82. The summed E-state index contributed by atoms with van der Waals surface area (Å²) in [5.74, 6) is 0.272. The largest absolute Gasteiger partial charge is 0.479 e. The van der Waals surface area contributed by atoms with E-state index >= 15 is 0 Å². The average molecular weight is 438 g/mol. The number of ether oxygens (including phenoxy) is 1. The highest BCUT2D eigenvalue weighted by molar-refractivity contribution is 5.87. The van der Waals surface area contributed by atoms with Crippen molar-refractivity contribution in [1.29, 1.82) is 0 Å². The molecule has 2 aromatic heterocycles. The molecule has 8 heteroatoms. The highest BCUT2D eigenvalue weighted by atomic mass is 16.5. The minimum absolute atomic E-state index is 0.00875. The summed E-state index contributed by atoms with van der Waals surface area (Å²) in [5.41, 5.74) is 4.71. The number of amides is 2. The summed E-state index contributed by atoms with van der Waals surface area (Å²) in [7, 11) is 3.42. The van der Waals surface area contributed by atoms with Crippen LogP contribution in [0.1, 0.15) is 35.7 Å². The Morgan fingerprint density at radius 1 is 1.19 bits per heavy atom. The van der Waals surface area contributed by atoms with E-state index in [0.717, 1.165) is 33.4 Å². The maximum Gasteiger partial charge on any atom is 0.242 e. The molecule has 0 fully saturated rings. The Kier molecular flexibility index (Phi) is 7.45. The van der Waals surface area contributed by atoms with Crippen molar-refractivity contribution in [1.82, 2.24) is 25.0 Å². The Bertz CT molecular complexity index is 1110. The van der Waals surface area contributed by atoms with E-state index in [1.54, 1.807) is 16.7 Å². The number of nitrogens with one attached hydrogen (secondary N) is 1. The number of methoxy groups -OCH3 is 1. The van der Waals surface area contributed by atoms with Crippen LogP contribution in [0.2, 0.25) is 0 Å². The van der Waals surface area contributed by atoms with E-state index in [1.807, 2.05) is 58.2 Å². The number of fused-ring (bicyclic) bond motifs is 1. The zero-order valence-corrected chi connectivity index (χ0v) is 19.4. The second-order valence-corrected chi connectivity index (χ2v) is 7.80. The molecule has 2 heterocycles. The van der Waals surface area contributed by atoms with Crippen LogP contribution < -0.4 is 10.1 Å². The first kappa shape index (κ1) is 23.2. The molecule has 0 bridgehead atoms. The first-order valence-corrected chi connectivity index (χ1v) is 10.8. The van der Waals surface area contributed by atoms with Crippen molar-refractivity contribution < 1.29 is 14.3 Å². The fraction of sp³-hybridized carbons (Fsp3) is 0.417. The molecule has 0 radical (unpaired) electrons. The number of aromatic nitrogens is 3. The van der Waals surface area contributed by atoms with Crippen molar-refractivity contribution in [2.24, 2.45) is 7.05 Å². The monoisotopic (exact) mass is 437 g/mol. The summed E-state index contributed by atoms with van der Waals surface area (Å²) in [5, 5.41) is 7.99. The number of carbonyl (C=O) groups excluding carboxylic acids is 2. The summed E-state index contributed by atoms with van der Waals surface area (Å²) in [4.78, 5) is 31.4. The van der Waals surface area contributed by atoms with Crippen LogP contribution in [-0.4, -0.2) is 51.7 Å². The van der Waals surface area contributed by atoms with Gasteiger partial charge in [-0.15, -0.1) is 5.10 Å². The smallest absolute Gasteiger partial charge is 0.242 e. The van der Waals surface area contributed by atoms with Gasteiger partial charge in [-0.2, -0.15) is 0 Å². The van der Waals surface area contributed by atoms with E-state index in [-0.39, 0.29) is 24.8 Å². The van der Waals surface area contributed by atoms with E-state index in [2.05, 4.69) is 15.4 Å². The molecule has 32 heavy (non-hydrogen) atoms. The maximum absolute atomic E-state index is 12.6. The molecule has 170 valence electrons. The number of aryl methyl sites for hydroxylation is 3. The fourth-order valence-corrected chi connectivity index (χ4v) is 3.90. The first-order chi connectivity index (χ1) is 15.3. The third kappa shape index (κ3) is 5.07. The molecule has 3 rings (SSSR count). The Morgan fingerprint density at radius 2 is 1.91 bits per heavy atom. The molecule has 3 aromatic rings. The molecule has 0 unspecified atom stereocenters. The minimum Gasteiger partial charge on any atom is -0.479 e. The molecule has 0 aliphatic heterocycles. The van der Waals surface area contributed by atoms with Crippen molar-refractivity contribution in [2.45, 2.75) is 40.2 Å². The Balaban J connectivity index is 1.60. The van der Waals surface area contributed by atoms with Gasteiger partial charge in [0.25, 0.3) is 0 Å². The predicted octanol–water partition coefficient (Wildman–Crippen LogP) is 2.69. The summed E-state index contributed by atoms with van der Waals surface area (Å²) >= 11 is 0. The van der Waals surface area contributed by atoms with Gasteiger partial charge in [0, 0.05) is 32.3 Å². The van der Waals surface area contributed by atoms with E-state index < -0.39 is 0 Å². The fourth-order valence-electron chi connectivity index (χ4n) is 3.90. The molecule has 8 nitrogen and oxygen atoms in total. The number of likely N-dealkylation sites (N-methyl/N-ethyl adjacent to an activating group) is 1. The zero-order chi connectivity index (χ0) is 23.3. The van der Waals surface area contributed by atoms with E-state index in [1.165, 1.54) is 0 Å². The van der Waals surface area contributed by atoms with Crippen LogP contribution in [0, 0.1) is 13.8 Å². The minimum atomic E-state index is -0.161. The lowest BCUT2D eigenvalue weighted by atomic mass is 10.00. The van der Waals surface area contributed by atoms with Gasteiger partial charge < -0.3 is 15.0 Å². The second-order valence-electron chi connectivity index (χ2n) is 7.80. The highest BCUT2D eigenvalue weighted by Gasteiger charge is 2.19. The van der Waals surface area contributed by atoms with Gasteiger partial charge in [0.15, 0.2) is 5.65 Å². The highest BCUT2D eigenvalue weighted by Crippen LogP contribution is 2.30. The van der Waals surface area contributed by atoms with Crippen LogP contribution in [-0.2, 0) is 29.6 Å². The molecule has 0 atom stereocenters. The van der Waals surface area contributed by atoms with Gasteiger partial charge >= 0.3 is 0 Å². The van der Waals surface area contributed by atoms with Crippen molar-refractivity contribution in [3.8, 4) is 5.88 Å². The van der Waals surface area contributed by atoms with E-state index in [9.17, 15) is 9.59 Å².